The SMILES string of the molecule is Nc1ccn(Cc2ccc(Cl)cc2)n1. The van der Waals surface area contributed by atoms with Crippen LogP contribution in [0.1, 0.15) is 5.56 Å². The van der Waals surface area contributed by atoms with Crippen molar-refractivity contribution in [2.75, 3.05) is 5.73 Å². The van der Waals surface area contributed by atoms with Crippen molar-refractivity contribution in [1.82, 2.24) is 9.78 Å². The van der Waals surface area contributed by atoms with Crippen LogP contribution in [0.3, 0.4) is 0 Å². The fraction of sp³-hybridized carbons (Fsp3) is 0.100. The first kappa shape index (κ1) is 9.09. The van der Waals surface area contributed by atoms with E-state index in [1.54, 1.807) is 10.7 Å². The largest absolute Gasteiger partial charge is 0.382 e. The third kappa shape index (κ3) is 2.06. The zero-order valence-corrected chi connectivity index (χ0v) is 8.28. The number of benzene rings is 1. The Bertz CT molecular complexity index is 419. The lowest BCUT2D eigenvalue weighted by molar-refractivity contribution is 0.690. The topological polar surface area (TPSA) is 43.8 Å². The second kappa shape index (κ2) is 3.72. The summed E-state index contributed by atoms with van der Waals surface area (Å²) in [7, 11) is 0. The normalized spacial score (nSPS) is 10.4. The van der Waals surface area contributed by atoms with Crippen LogP contribution in [0.15, 0.2) is 36.5 Å². The maximum Gasteiger partial charge on any atom is 0.145 e. The third-order valence-corrected chi connectivity index (χ3v) is 2.17. The van der Waals surface area contributed by atoms with E-state index in [1.807, 2.05) is 30.5 Å². The highest BCUT2D eigenvalue weighted by atomic mass is 35.5. The lowest BCUT2D eigenvalue weighted by Gasteiger charge is -2.01. The van der Waals surface area contributed by atoms with Gasteiger partial charge in [-0.05, 0) is 23.8 Å². The van der Waals surface area contributed by atoms with Crippen LogP contribution >= 0.6 is 11.6 Å². The van der Waals surface area contributed by atoms with Gasteiger partial charge in [-0.2, -0.15) is 5.10 Å². The highest BCUT2D eigenvalue weighted by Crippen LogP contribution is 2.10. The molecule has 14 heavy (non-hydrogen) atoms. The van der Waals surface area contributed by atoms with Crippen molar-refractivity contribution >= 4 is 17.4 Å². The van der Waals surface area contributed by atoms with Crippen molar-refractivity contribution in [3.05, 3.63) is 47.1 Å². The van der Waals surface area contributed by atoms with Crippen LogP contribution in [-0.4, -0.2) is 9.78 Å². The van der Waals surface area contributed by atoms with E-state index in [0.29, 0.717) is 12.4 Å². The first-order chi connectivity index (χ1) is 6.74. The summed E-state index contributed by atoms with van der Waals surface area (Å²) in [6.45, 7) is 0.717. The van der Waals surface area contributed by atoms with E-state index < -0.39 is 0 Å². The van der Waals surface area contributed by atoms with E-state index >= 15 is 0 Å². The Kier molecular flexibility index (Phi) is 2.41. The van der Waals surface area contributed by atoms with Crippen molar-refractivity contribution in [2.24, 2.45) is 0 Å². The number of nitrogen functional groups attached to an aromatic ring is 1. The number of hydrogen-bond donors (Lipinski definition) is 1. The van der Waals surface area contributed by atoms with Gasteiger partial charge in [0.2, 0.25) is 0 Å². The Morgan fingerprint density at radius 2 is 1.93 bits per heavy atom. The van der Waals surface area contributed by atoms with Gasteiger partial charge >= 0.3 is 0 Å². The molecule has 2 rings (SSSR count). The van der Waals surface area contributed by atoms with E-state index in [0.717, 1.165) is 10.6 Å². The van der Waals surface area contributed by atoms with E-state index in [-0.39, 0.29) is 0 Å². The number of halogens is 1. The molecule has 0 aliphatic carbocycles. The molecule has 3 nitrogen and oxygen atoms in total. The summed E-state index contributed by atoms with van der Waals surface area (Å²) >= 11 is 5.78. The molecule has 0 atom stereocenters. The Hall–Kier alpha value is -1.48. The molecule has 1 heterocycles. The molecule has 0 aliphatic rings. The second-order valence-corrected chi connectivity index (χ2v) is 3.50. The quantitative estimate of drug-likeness (QED) is 0.820. The predicted octanol–water partition coefficient (Wildman–Crippen LogP) is 2.17. The highest BCUT2D eigenvalue weighted by molar-refractivity contribution is 6.30. The van der Waals surface area contributed by atoms with Gasteiger partial charge in [0.15, 0.2) is 0 Å². The van der Waals surface area contributed by atoms with E-state index in [9.17, 15) is 0 Å². The van der Waals surface area contributed by atoms with Gasteiger partial charge in [-0.25, -0.2) is 0 Å². The molecule has 0 amide bonds. The van der Waals surface area contributed by atoms with Crippen molar-refractivity contribution in [3.8, 4) is 0 Å². The standard InChI is InChI=1S/C10H10ClN3/c11-9-3-1-8(2-4-9)7-14-6-5-10(12)13-14/h1-6H,7H2,(H2,12,13). The van der Waals surface area contributed by atoms with Crippen molar-refractivity contribution in [2.45, 2.75) is 6.54 Å². The number of nitrogens with two attached hydrogens (primary N) is 1. The lowest BCUT2D eigenvalue weighted by Crippen LogP contribution is -2.00. The molecule has 0 aliphatic heterocycles. The number of rotatable bonds is 2. The minimum atomic E-state index is 0.541. The molecule has 0 spiro atoms. The van der Waals surface area contributed by atoms with Gasteiger partial charge in [0.05, 0.1) is 6.54 Å². The summed E-state index contributed by atoms with van der Waals surface area (Å²) in [5.74, 6) is 0.541. The summed E-state index contributed by atoms with van der Waals surface area (Å²) in [5, 5.41) is 4.83. The number of anilines is 1. The first-order valence-electron chi connectivity index (χ1n) is 4.27. The second-order valence-electron chi connectivity index (χ2n) is 3.06. The maximum absolute atomic E-state index is 5.78. The minimum Gasteiger partial charge on any atom is -0.382 e. The van der Waals surface area contributed by atoms with Crippen LogP contribution in [0, 0.1) is 0 Å². The summed E-state index contributed by atoms with van der Waals surface area (Å²) < 4.78 is 1.79. The fourth-order valence-electron chi connectivity index (χ4n) is 1.24. The van der Waals surface area contributed by atoms with Crippen LogP contribution in [-0.2, 0) is 6.54 Å². The van der Waals surface area contributed by atoms with Gasteiger partial charge in [0.25, 0.3) is 0 Å². The molecule has 0 saturated heterocycles. The van der Waals surface area contributed by atoms with Crippen molar-refractivity contribution in [3.63, 3.8) is 0 Å². The zero-order chi connectivity index (χ0) is 9.97. The van der Waals surface area contributed by atoms with Gasteiger partial charge in [0, 0.05) is 11.2 Å². The molecule has 0 radical (unpaired) electrons. The lowest BCUT2D eigenvalue weighted by atomic mass is 10.2. The molecule has 1 aromatic carbocycles. The van der Waals surface area contributed by atoms with Crippen molar-refractivity contribution in [1.29, 1.82) is 0 Å². The number of aromatic nitrogens is 2. The summed E-state index contributed by atoms with van der Waals surface area (Å²) in [4.78, 5) is 0. The maximum atomic E-state index is 5.78. The Balaban J connectivity index is 2.15. The molecule has 0 saturated carbocycles. The summed E-state index contributed by atoms with van der Waals surface area (Å²) in [6.07, 6.45) is 1.85. The average Bonchev–Trinajstić information content (AvgIpc) is 2.56. The Morgan fingerprint density at radius 1 is 1.21 bits per heavy atom. The van der Waals surface area contributed by atoms with Gasteiger partial charge in [0.1, 0.15) is 5.82 Å². The Labute approximate surface area is 87.1 Å². The van der Waals surface area contributed by atoms with Gasteiger partial charge < -0.3 is 5.73 Å². The molecule has 72 valence electrons. The predicted molar refractivity (Wildman–Crippen MR) is 57.2 cm³/mol. The third-order valence-electron chi connectivity index (χ3n) is 1.92. The van der Waals surface area contributed by atoms with Crippen LogP contribution in [0.25, 0.3) is 0 Å². The van der Waals surface area contributed by atoms with Gasteiger partial charge in [-0.15, -0.1) is 0 Å². The monoisotopic (exact) mass is 207 g/mol. The molecule has 0 fully saturated rings. The van der Waals surface area contributed by atoms with Crippen LogP contribution in [0.5, 0.6) is 0 Å². The zero-order valence-electron chi connectivity index (χ0n) is 7.52. The minimum absolute atomic E-state index is 0.541. The molecule has 2 N–H and O–H groups in total. The summed E-state index contributed by atoms with van der Waals surface area (Å²) in [6, 6.07) is 9.45. The van der Waals surface area contributed by atoms with Crippen molar-refractivity contribution < 1.29 is 0 Å². The molecular weight excluding hydrogens is 198 g/mol. The van der Waals surface area contributed by atoms with E-state index in [1.165, 1.54) is 0 Å². The van der Waals surface area contributed by atoms with Crippen LogP contribution in [0.4, 0.5) is 5.82 Å². The average molecular weight is 208 g/mol. The highest BCUT2D eigenvalue weighted by Gasteiger charge is 1.96. The molecule has 4 heteroatoms. The van der Waals surface area contributed by atoms with Crippen LogP contribution < -0.4 is 5.73 Å². The van der Waals surface area contributed by atoms with Gasteiger partial charge in [-0.3, -0.25) is 4.68 Å². The molecule has 0 bridgehead atoms. The number of nitrogens with zero attached hydrogens (tertiary/aromatic N) is 2. The smallest absolute Gasteiger partial charge is 0.145 e. The molecule has 2 aromatic rings. The number of hydrogen-bond acceptors (Lipinski definition) is 2. The molecule has 1 aromatic heterocycles. The molecular formula is C10H10ClN3. The van der Waals surface area contributed by atoms with Gasteiger partial charge in [-0.1, -0.05) is 23.7 Å². The first-order valence-corrected chi connectivity index (χ1v) is 4.65. The fourth-order valence-corrected chi connectivity index (χ4v) is 1.37. The molecule has 0 unspecified atom stereocenters. The van der Waals surface area contributed by atoms with E-state index in [2.05, 4.69) is 5.10 Å². The van der Waals surface area contributed by atoms with Crippen LogP contribution in [0.2, 0.25) is 5.02 Å². The van der Waals surface area contributed by atoms with E-state index in [4.69, 9.17) is 17.3 Å². The summed E-state index contributed by atoms with van der Waals surface area (Å²) in [5.41, 5.74) is 6.65. The Morgan fingerprint density at radius 3 is 2.50 bits per heavy atom.